The molecular weight excluding hydrogens is 382 g/mol. The van der Waals surface area contributed by atoms with Gasteiger partial charge in [-0.3, -0.25) is 14.6 Å². The summed E-state index contributed by atoms with van der Waals surface area (Å²) in [6.07, 6.45) is 1.45. The minimum absolute atomic E-state index is 0.168. The minimum atomic E-state index is -0.252. The summed E-state index contributed by atoms with van der Waals surface area (Å²) in [5.41, 5.74) is 3.18. The molecule has 0 bridgehead atoms. The Balaban J connectivity index is 1.54. The number of hydrogen-bond donors (Lipinski definition) is 2. The zero-order chi connectivity index (χ0) is 21.1. The summed E-state index contributed by atoms with van der Waals surface area (Å²) in [6.45, 7) is 2.75. The van der Waals surface area contributed by atoms with Crippen molar-refractivity contribution in [3.63, 3.8) is 0 Å². The predicted molar refractivity (Wildman–Crippen MR) is 114 cm³/mol. The lowest BCUT2D eigenvalue weighted by atomic mass is 10.1. The zero-order valence-corrected chi connectivity index (χ0v) is 16.8. The summed E-state index contributed by atoms with van der Waals surface area (Å²) < 4.78 is 10.7. The third kappa shape index (κ3) is 4.03. The number of methoxy groups -OCH3 is 1. The van der Waals surface area contributed by atoms with Gasteiger partial charge in [-0.25, -0.2) is 0 Å². The van der Waals surface area contributed by atoms with E-state index in [0.717, 1.165) is 16.5 Å². The largest absolute Gasteiger partial charge is 0.377 e. The number of hydrogen-bond acceptors (Lipinski definition) is 5. The summed E-state index contributed by atoms with van der Waals surface area (Å²) in [5, 5.41) is 6.65. The van der Waals surface area contributed by atoms with Crippen molar-refractivity contribution in [2.75, 3.05) is 25.6 Å². The Morgan fingerprint density at radius 3 is 2.77 bits per heavy atom. The van der Waals surface area contributed by atoms with E-state index in [1.807, 2.05) is 37.3 Å². The van der Waals surface area contributed by atoms with Gasteiger partial charge in [0.15, 0.2) is 0 Å². The second-order valence-electron chi connectivity index (χ2n) is 7.25. The van der Waals surface area contributed by atoms with Crippen molar-refractivity contribution in [3.8, 4) is 0 Å². The zero-order valence-electron chi connectivity index (χ0n) is 16.8. The number of carbonyl (C=O) groups excluding carboxylic acids is 2. The van der Waals surface area contributed by atoms with Gasteiger partial charge in [-0.05, 0) is 36.8 Å². The van der Waals surface area contributed by atoms with Crippen LogP contribution in [0.4, 0.5) is 5.69 Å². The number of benzene rings is 2. The van der Waals surface area contributed by atoms with Gasteiger partial charge in [0.1, 0.15) is 6.10 Å². The average Bonchev–Trinajstić information content (AvgIpc) is 3.21. The van der Waals surface area contributed by atoms with Gasteiger partial charge in [-0.2, -0.15) is 0 Å². The highest BCUT2D eigenvalue weighted by Crippen LogP contribution is 2.21. The van der Waals surface area contributed by atoms with E-state index in [9.17, 15) is 9.59 Å². The van der Waals surface area contributed by atoms with Crippen LogP contribution in [0.1, 0.15) is 26.3 Å². The fourth-order valence-electron chi connectivity index (χ4n) is 3.53. The fraction of sp³-hybridized carbons (Fsp3) is 0.261. The lowest BCUT2D eigenvalue weighted by molar-refractivity contribution is 0.0685. The van der Waals surface area contributed by atoms with Crippen molar-refractivity contribution in [2.24, 2.45) is 0 Å². The van der Waals surface area contributed by atoms with E-state index in [0.29, 0.717) is 30.0 Å². The summed E-state index contributed by atoms with van der Waals surface area (Å²) in [5.74, 6) is -0.490. The Kier molecular flexibility index (Phi) is 5.74. The van der Waals surface area contributed by atoms with Crippen molar-refractivity contribution in [3.05, 3.63) is 71.4 Å². The van der Waals surface area contributed by atoms with Crippen LogP contribution < -0.4 is 10.6 Å². The molecule has 3 aromatic rings. The molecule has 2 N–H and O–H groups in total. The number of amides is 2. The molecular formula is C23H23N3O4. The minimum Gasteiger partial charge on any atom is -0.377 e. The van der Waals surface area contributed by atoms with Crippen molar-refractivity contribution in [2.45, 2.75) is 19.1 Å². The van der Waals surface area contributed by atoms with Crippen LogP contribution in [0.25, 0.3) is 10.9 Å². The van der Waals surface area contributed by atoms with Gasteiger partial charge < -0.3 is 20.1 Å². The molecule has 4 rings (SSSR count). The molecule has 7 heteroatoms. The average molecular weight is 405 g/mol. The number of fused-ring (bicyclic) bond motifs is 1. The molecule has 1 aliphatic heterocycles. The summed E-state index contributed by atoms with van der Waals surface area (Å²) >= 11 is 0. The maximum absolute atomic E-state index is 12.9. The van der Waals surface area contributed by atoms with Gasteiger partial charge in [0.25, 0.3) is 11.8 Å². The van der Waals surface area contributed by atoms with Crippen LogP contribution in [0.2, 0.25) is 0 Å². The molecule has 2 atom stereocenters. The van der Waals surface area contributed by atoms with Crippen LogP contribution in [0.5, 0.6) is 0 Å². The second kappa shape index (κ2) is 8.61. The van der Waals surface area contributed by atoms with Crippen LogP contribution in [-0.4, -0.2) is 49.3 Å². The smallest absolute Gasteiger partial charge is 0.256 e. The number of aromatic nitrogens is 1. The predicted octanol–water partition coefficient (Wildman–Crippen LogP) is 2.94. The third-order valence-corrected chi connectivity index (χ3v) is 5.29. The molecule has 1 aliphatic rings. The number of nitrogens with zero attached hydrogens (tertiary/aromatic N) is 1. The molecule has 1 saturated heterocycles. The molecule has 0 spiro atoms. The number of carbonyl (C=O) groups is 2. The van der Waals surface area contributed by atoms with Crippen molar-refractivity contribution in [1.82, 2.24) is 10.3 Å². The van der Waals surface area contributed by atoms with E-state index < -0.39 is 0 Å². The molecule has 2 aromatic carbocycles. The topological polar surface area (TPSA) is 89.5 Å². The summed E-state index contributed by atoms with van der Waals surface area (Å²) in [7, 11) is 1.60. The molecule has 154 valence electrons. The van der Waals surface area contributed by atoms with E-state index in [1.54, 1.807) is 31.5 Å². The Morgan fingerprint density at radius 2 is 1.93 bits per heavy atom. The first-order chi connectivity index (χ1) is 14.6. The van der Waals surface area contributed by atoms with Crippen LogP contribution in [-0.2, 0) is 9.47 Å². The highest BCUT2D eigenvalue weighted by molar-refractivity contribution is 6.12. The van der Waals surface area contributed by atoms with Crippen molar-refractivity contribution < 1.29 is 19.1 Å². The number of pyridine rings is 1. The highest BCUT2D eigenvalue weighted by atomic mass is 16.5. The molecule has 0 radical (unpaired) electrons. The van der Waals surface area contributed by atoms with E-state index in [4.69, 9.17) is 9.47 Å². The number of aryl methyl sites for hydroxylation is 1. The van der Waals surface area contributed by atoms with Crippen LogP contribution in [0.3, 0.4) is 0 Å². The summed E-state index contributed by atoms with van der Waals surface area (Å²) in [4.78, 5) is 30.0. The first-order valence-electron chi connectivity index (χ1n) is 9.74. The first-order valence-corrected chi connectivity index (χ1v) is 9.74. The monoisotopic (exact) mass is 405 g/mol. The van der Waals surface area contributed by atoms with E-state index in [1.165, 1.54) is 0 Å². The van der Waals surface area contributed by atoms with E-state index in [2.05, 4.69) is 15.6 Å². The standard InChI is InChI=1S/C23H23N3O4/c1-14-7-8-15(22(27)26-20-12-30-13-21(20)29-2)11-19(14)25-23(28)17-9-10-24-18-6-4-3-5-16(17)18/h3-11,20-21H,12-13H2,1-2H3,(H,25,28)(H,26,27)/t20-,21+/m0/s1. The molecule has 1 fully saturated rings. The van der Waals surface area contributed by atoms with Crippen molar-refractivity contribution in [1.29, 1.82) is 0 Å². The Morgan fingerprint density at radius 1 is 1.10 bits per heavy atom. The lowest BCUT2D eigenvalue weighted by Gasteiger charge is -2.18. The van der Waals surface area contributed by atoms with Crippen LogP contribution in [0.15, 0.2) is 54.7 Å². The molecule has 2 heterocycles. The van der Waals surface area contributed by atoms with Crippen molar-refractivity contribution >= 4 is 28.4 Å². The number of anilines is 1. The maximum Gasteiger partial charge on any atom is 0.256 e. The lowest BCUT2D eigenvalue weighted by Crippen LogP contribution is -2.43. The molecule has 7 nitrogen and oxygen atoms in total. The molecule has 1 aromatic heterocycles. The molecule has 0 aliphatic carbocycles. The number of rotatable bonds is 5. The third-order valence-electron chi connectivity index (χ3n) is 5.29. The van der Waals surface area contributed by atoms with Crippen LogP contribution >= 0.6 is 0 Å². The number of para-hydroxylation sites is 1. The van der Waals surface area contributed by atoms with Gasteiger partial charge in [0.2, 0.25) is 0 Å². The summed E-state index contributed by atoms with van der Waals surface area (Å²) in [6, 6.07) is 14.2. The van der Waals surface area contributed by atoms with Gasteiger partial charge in [0, 0.05) is 29.9 Å². The Labute approximate surface area is 174 Å². The second-order valence-corrected chi connectivity index (χ2v) is 7.25. The first kappa shape index (κ1) is 20.0. The highest BCUT2D eigenvalue weighted by Gasteiger charge is 2.29. The molecule has 0 unspecified atom stereocenters. The Hall–Kier alpha value is -3.29. The molecule has 0 saturated carbocycles. The van der Waals surface area contributed by atoms with Gasteiger partial charge in [0.05, 0.1) is 30.3 Å². The molecule has 30 heavy (non-hydrogen) atoms. The van der Waals surface area contributed by atoms with Crippen LogP contribution in [0, 0.1) is 6.92 Å². The normalized spacial score (nSPS) is 18.3. The quantitative estimate of drug-likeness (QED) is 0.681. The van der Waals surface area contributed by atoms with Gasteiger partial charge in [-0.1, -0.05) is 24.3 Å². The number of ether oxygens (including phenoxy) is 2. The van der Waals surface area contributed by atoms with Gasteiger partial charge in [-0.15, -0.1) is 0 Å². The Bertz CT molecular complexity index is 1090. The number of nitrogens with one attached hydrogen (secondary N) is 2. The SMILES string of the molecule is CO[C@@H]1COC[C@@H]1NC(=O)c1ccc(C)c(NC(=O)c2ccnc3ccccc23)c1. The van der Waals surface area contributed by atoms with Gasteiger partial charge >= 0.3 is 0 Å². The fourth-order valence-corrected chi connectivity index (χ4v) is 3.53. The molecule has 2 amide bonds. The van der Waals surface area contributed by atoms with E-state index >= 15 is 0 Å². The van der Waals surface area contributed by atoms with E-state index in [-0.39, 0.29) is 24.0 Å². The maximum atomic E-state index is 12.9.